The second kappa shape index (κ2) is 8.06. The summed E-state index contributed by atoms with van der Waals surface area (Å²) in [5, 5.41) is 8.44. The third-order valence-corrected chi connectivity index (χ3v) is 6.68. The summed E-state index contributed by atoms with van der Waals surface area (Å²) in [7, 11) is 0. The van der Waals surface area contributed by atoms with Gasteiger partial charge in [0, 0.05) is 46.9 Å². The van der Waals surface area contributed by atoms with Crippen LogP contribution in [0.5, 0.6) is 0 Å². The van der Waals surface area contributed by atoms with Crippen molar-refractivity contribution in [2.24, 2.45) is 5.92 Å². The second-order valence-corrected chi connectivity index (χ2v) is 9.55. The van der Waals surface area contributed by atoms with Crippen LogP contribution >= 0.6 is 22.6 Å². The first-order chi connectivity index (χ1) is 14.6. The van der Waals surface area contributed by atoms with Gasteiger partial charge in [-0.15, -0.1) is 0 Å². The summed E-state index contributed by atoms with van der Waals surface area (Å²) >= 11 is 2.34. The highest BCUT2D eigenvalue weighted by molar-refractivity contribution is 14.1. The zero-order valence-corrected chi connectivity index (χ0v) is 19.2. The lowest BCUT2D eigenvalue weighted by Gasteiger charge is -2.26. The summed E-state index contributed by atoms with van der Waals surface area (Å²) in [4.78, 5) is 13.9. The molecule has 0 unspecified atom stereocenters. The molecular formula is C24H25IN4O. The van der Waals surface area contributed by atoms with Crippen LogP contribution in [-0.2, 0) is 24.3 Å². The lowest BCUT2D eigenvalue weighted by atomic mass is 10.1. The number of amides is 1. The van der Waals surface area contributed by atoms with Crippen LogP contribution in [0.1, 0.15) is 31.0 Å². The van der Waals surface area contributed by atoms with Gasteiger partial charge in [0.05, 0.1) is 6.54 Å². The highest BCUT2D eigenvalue weighted by Crippen LogP contribution is 2.34. The molecule has 0 atom stereocenters. The molecule has 0 saturated heterocycles. The Hall–Kier alpha value is -2.35. The van der Waals surface area contributed by atoms with Gasteiger partial charge < -0.3 is 10.2 Å². The Kier molecular flexibility index (Phi) is 5.26. The summed E-state index contributed by atoms with van der Waals surface area (Å²) in [6.45, 7) is 4.06. The molecule has 6 heteroatoms. The van der Waals surface area contributed by atoms with Crippen LogP contribution in [0.3, 0.4) is 0 Å². The van der Waals surface area contributed by atoms with Crippen molar-refractivity contribution in [3.8, 4) is 11.1 Å². The van der Waals surface area contributed by atoms with Crippen molar-refractivity contribution in [2.45, 2.75) is 39.3 Å². The number of anilines is 2. The highest BCUT2D eigenvalue weighted by Gasteiger charge is 2.29. The SMILES string of the molecule is CC(=O)N1CCc2c(c(Nc3ccc(-c4cccc(I)c4)cc3)nn2CC2CC2)C1. The number of fused-ring (bicyclic) bond motifs is 1. The van der Waals surface area contributed by atoms with Gasteiger partial charge in [0.1, 0.15) is 0 Å². The quantitative estimate of drug-likeness (QED) is 0.478. The van der Waals surface area contributed by atoms with E-state index in [1.165, 1.54) is 38.8 Å². The molecule has 3 aromatic rings. The number of nitrogens with one attached hydrogen (secondary N) is 1. The molecule has 1 fully saturated rings. The summed E-state index contributed by atoms with van der Waals surface area (Å²) in [5.41, 5.74) is 5.89. The summed E-state index contributed by atoms with van der Waals surface area (Å²) in [6, 6.07) is 17.0. The lowest BCUT2D eigenvalue weighted by molar-refractivity contribution is -0.129. The molecular weight excluding hydrogens is 487 g/mol. The number of carbonyl (C=O) groups is 1. The van der Waals surface area contributed by atoms with Gasteiger partial charge in [0.25, 0.3) is 0 Å². The van der Waals surface area contributed by atoms with Crippen LogP contribution in [0, 0.1) is 9.49 Å². The van der Waals surface area contributed by atoms with Gasteiger partial charge in [-0.05, 0) is 76.7 Å². The molecule has 5 rings (SSSR count). The van der Waals surface area contributed by atoms with E-state index < -0.39 is 0 Å². The van der Waals surface area contributed by atoms with Gasteiger partial charge in [-0.3, -0.25) is 9.48 Å². The third-order valence-electron chi connectivity index (χ3n) is 6.01. The van der Waals surface area contributed by atoms with E-state index in [4.69, 9.17) is 5.10 Å². The molecule has 1 saturated carbocycles. The van der Waals surface area contributed by atoms with Crippen molar-refractivity contribution in [3.63, 3.8) is 0 Å². The predicted octanol–water partition coefficient (Wildman–Crippen LogP) is 5.21. The van der Waals surface area contributed by atoms with Crippen LogP contribution in [0.25, 0.3) is 11.1 Å². The van der Waals surface area contributed by atoms with Crippen LogP contribution in [0.2, 0.25) is 0 Å². The fourth-order valence-electron chi connectivity index (χ4n) is 4.11. The van der Waals surface area contributed by atoms with Crippen LogP contribution in [0.4, 0.5) is 11.5 Å². The Bertz CT molecular complexity index is 1090. The van der Waals surface area contributed by atoms with Crippen molar-refractivity contribution in [1.82, 2.24) is 14.7 Å². The number of hydrogen-bond acceptors (Lipinski definition) is 3. The number of hydrogen-bond donors (Lipinski definition) is 1. The van der Waals surface area contributed by atoms with Gasteiger partial charge in [-0.25, -0.2) is 0 Å². The van der Waals surface area contributed by atoms with Crippen LogP contribution in [-0.4, -0.2) is 27.1 Å². The smallest absolute Gasteiger partial charge is 0.219 e. The van der Waals surface area contributed by atoms with Gasteiger partial charge in [0.15, 0.2) is 5.82 Å². The van der Waals surface area contributed by atoms with Crippen molar-refractivity contribution in [2.75, 3.05) is 11.9 Å². The Morgan fingerprint density at radius 2 is 1.97 bits per heavy atom. The maximum Gasteiger partial charge on any atom is 0.219 e. The van der Waals surface area contributed by atoms with E-state index in [1.807, 2.05) is 4.90 Å². The molecule has 2 aromatic carbocycles. The van der Waals surface area contributed by atoms with E-state index in [1.54, 1.807) is 6.92 Å². The fourth-order valence-corrected chi connectivity index (χ4v) is 4.65. The summed E-state index contributed by atoms with van der Waals surface area (Å²) in [5.74, 6) is 1.78. The molecule has 154 valence electrons. The number of nitrogens with zero attached hydrogens (tertiary/aromatic N) is 3. The minimum Gasteiger partial charge on any atom is -0.338 e. The maximum absolute atomic E-state index is 11.9. The third kappa shape index (κ3) is 4.10. The maximum atomic E-state index is 11.9. The van der Waals surface area contributed by atoms with E-state index in [0.717, 1.165) is 36.9 Å². The largest absolute Gasteiger partial charge is 0.338 e. The van der Waals surface area contributed by atoms with E-state index >= 15 is 0 Å². The number of rotatable bonds is 5. The summed E-state index contributed by atoms with van der Waals surface area (Å²) < 4.78 is 3.42. The van der Waals surface area contributed by atoms with E-state index in [0.29, 0.717) is 6.54 Å². The molecule has 5 nitrogen and oxygen atoms in total. The zero-order chi connectivity index (χ0) is 20.7. The van der Waals surface area contributed by atoms with Gasteiger partial charge in [-0.1, -0.05) is 24.3 Å². The zero-order valence-electron chi connectivity index (χ0n) is 17.1. The molecule has 0 radical (unpaired) electrons. The summed E-state index contributed by atoms with van der Waals surface area (Å²) in [6.07, 6.45) is 3.48. The number of halogens is 1. The highest BCUT2D eigenvalue weighted by atomic mass is 127. The molecule has 2 aliphatic rings. The fraction of sp³-hybridized carbons (Fsp3) is 0.333. The molecule has 1 aliphatic carbocycles. The van der Waals surface area contributed by atoms with Crippen LogP contribution in [0.15, 0.2) is 48.5 Å². The molecule has 0 spiro atoms. The Morgan fingerprint density at radius 3 is 2.67 bits per heavy atom. The van der Waals surface area contributed by atoms with Crippen molar-refractivity contribution in [3.05, 3.63) is 63.4 Å². The Labute approximate surface area is 190 Å². The first-order valence-electron chi connectivity index (χ1n) is 10.5. The van der Waals surface area contributed by atoms with E-state index in [2.05, 4.69) is 81.1 Å². The Morgan fingerprint density at radius 1 is 1.17 bits per heavy atom. The standard InChI is InChI=1S/C24H25IN4O/c1-16(30)28-12-11-23-22(15-28)24(27-29(23)14-17-5-6-17)26-21-9-7-18(8-10-21)19-3-2-4-20(25)13-19/h2-4,7-10,13,17H,5-6,11-12,14-15H2,1H3,(H,26,27). The second-order valence-electron chi connectivity index (χ2n) is 8.30. The average Bonchev–Trinajstić information content (AvgIpc) is 3.50. The minimum absolute atomic E-state index is 0.128. The van der Waals surface area contributed by atoms with Crippen LogP contribution < -0.4 is 5.32 Å². The lowest BCUT2D eigenvalue weighted by Crippen LogP contribution is -2.34. The minimum atomic E-state index is 0.128. The molecule has 0 bridgehead atoms. The number of aromatic nitrogens is 2. The van der Waals surface area contributed by atoms with Crippen molar-refractivity contribution < 1.29 is 4.79 Å². The number of carbonyl (C=O) groups excluding carboxylic acids is 1. The molecule has 1 aliphatic heterocycles. The van der Waals surface area contributed by atoms with E-state index in [-0.39, 0.29) is 5.91 Å². The normalized spacial score (nSPS) is 15.7. The van der Waals surface area contributed by atoms with Crippen molar-refractivity contribution >= 4 is 40.0 Å². The van der Waals surface area contributed by atoms with Gasteiger partial charge >= 0.3 is 0 Å². The first-order valence-corrected chi connectivity index (χ1v) is 11.6. The molecule has 1 amide bonds. The monoisotopic (exact) mass is 512 g/mol. The van der Waals surface area contributed by atoms with Gasteiger partial charge in [-0.2, -0.15) is 5.10 Å². The Balaban J connectivity index is 1.41. The molecule has 1 N–H and O–H groups in total. The van der Waals surface area contributed by atoms with E-state index in [9.17, 15) is 4.79 Å². The first kappa shape index (κ1) is 19.6. The molecule has 2 heterocycles. The van der Waals surface area contributed by atoms with Gasteiger partial charge in [0.2, 0.25) is 5.91 Å². The predicted molar refractivity (Wildman–Crippen MR) is 128 cm³/mol. The molecule has 30 heavy (non-hydrogen) atoms. The molecule has 1 aromatic heterocycles. The number of benzene rings is 2. The topological polar surface area (TPSA) is 50.2 Å². The van der Waals surface area contributed by atoms with Crippen molar-refractivity contribution in [1.29, 1.82) is 0 Å². The average molecular weight is 512 g/mol.